The highest BCUT2D eigenvalue weighted by molar-refractivity contribution is 5.48. The number of ether oxygens (including phenoxy) is 2. The van der Waals surface area contributed by atoms with Crippen LogP contribution in [-0.4, -0.2) is 29.2 Å². The third kappa shape index (κ3) is 13.3. The average molecular weight is 730 g/mol. The molecule has 54 heavy (non-hydrogen) atoms. The van der Waals surface area contributed by atoms with Crippen LogP contribution in [0.25, 0.3) is 0 Å². The number of benzene rings is 3. The zero-order valence-electron chi connectivity index (χ0n) is 29.6. The quantitative estimate of drug-likeness (QED) is 0.131. The Morgan fingerprint density at radius 3 is 1.61 bits per heavy atom. The van der Waals surface area contributed by atoms with Gasteiger partial charge < -0.3 is 9.47 Å². The molecule has 0 saturated heterocycles. The van der Waals surface area contributed by atoms with Crippen LogP contribution in [0.15, 0.2) is 121 Å². The Morgan fingerprint density at radius 2 is 1.09 bits per heavy atom. The first kappa shape index (κ1) is 39.8. The van der Waals surface area contributed by atoms with Gasteiger partial charge in [0.1, 0.15) is 34.5 Å². The molecule has 0 aliphatic carbocycles. The van der Waals surface area contributed by atoms with E-state index < -0.39 is 11.7 Å². The number of methoxy groups -OCH3 is 2. The van der Waals surface area contributed by atoms with Crippen molar-refractivity contribution >= 4 is 0 Å². The first-order valence-corrected chi connectivity index (χ1v) is 16.1. The van der Waals surface area contributed by atoms with Crippen molar-refractivity contribution in [1.82, 2.24) is 15.0 Å². The van der Waals surface area contributed by atoms with Crippen molar-refractivity contribution in [3.63, 3.8) is 0 Å². The molecule has 6 aromatic rings. The van der Waals surface area contributed by atoms with Crippen molar-refractivity contribution in [3.8, 4) is 47.2 Å². The summed E-state index contributed by atoms with van der Waals surface area (Å²) in [4.78, 5) is 12.5. The fourth-order valence-corrected chi connectivity index (χ4v) is 4.30. The lowest BCUT2D eigenvalue weighted by Crippen LogP contribution is -2.07. The lowest BCUT2D eigenvalue weighted by atomic mass is 10.1. The van der Waals surface area contributed by atoms with Gasteiger partial charge in [0.2, 0.25) is 5.88 Å². The summed E-state index contributed by atoms with van der Waals surface area (Å²) in [6, 6.07) is 30.5. The molecule has 0 bridgehead atoms. The highest BCUT2D eigenvalue weighted by Gasteiger charge is 2.34. The number of aromatic nitrogens is 3. The molecule has 0 amide bonds. The van der Waals surface area contributed by atoms with E-state index in [0.29, 0.717) is 34.1 Å². The molecule has 270 valence electrons. The maximum atomic E-state index is 12.9. The van der Waals surface area contributed by atoms with Crippen LogP contribution in [0.2, 0.25) is 0 Å². The van der Waals surface area contributed by atoms with Crippen LogP contribution in [0, 0.1) is 61.0 Å². The molecule has 6 rings (SSSR count). The standard InChI is InChI=1S/C16H12F3NO.C14H10FNO.C14H10FN/c1-11-4-3-5-13(20-11)8-6-12-7-9-15(21-2)14(10-12)16(17,18)19;1-17-14-7-3-6-13(16-14)9-8-11-4-2-5-12(15)10-11;1-11-5-7-14(16-10-11)8-6-12-3-2-4-13(15)9-12/h3-5,7,9-10H,1-2H3;2-7,10H,1H3;2-5,7,9-10H,1H3. The highest BCUT2D eigenvalue weighted by Crippen LogP contribution is 2.36. The number of rotatable bonds is 2. The van der Waals surface area contributed by atoms with Gasteiger partial charge in [-0.25, -0.2) is 23.7 Å². The summed E-state index contributed by atoms with van der Waals surface area (Å²) in [6.07, 6.45) is -2.72. The zero-order valence-corrected chi connectivity index (χ0v) is 29.6. The molecule has 3 aromatic carbocycles. The van der Waals surface area contributed by atoms with Crippen LogP contribution < -0.4 is 9.47 Å². The number of hydrogen-bond acceptors (Lipinski definition) is 5. The molecule has 0 N–H and O–H groups in total. The average Bonchev–Trinajstić information content (AvgIpc) is 3.16. The minimum Gasteiger partial charge on any atom is -0.496 e. The van der Waals surface area contributed by atoms with Crippen LogP contribution in [0.1, 0.15) is 50.6 Å². The van der Waals surface area contributed by atoms with E-state index >= 15 is 0 Å². The minimum atomic E-state index is -4.48. The van der Waals surface area contributed by atoms with Crippen LogP contribution in [0.4, 0.5) is 22.0 Å². The summed E-state index contributed by atoms with van der Waals surface area (Å²) < 4.78 is 74.2. The van der Waals surface area contributed by atoms with Gasteiger partial charge in [-0.05, 0) is 116 Å². The largest absolute Gasteiger partial charge is 0.496 e. The summed E-state index contributed by atoms with van der Waals surface area (Å²) in [5.74, 6) is 16.6. The van der Waals surface area contributed by atoms with E-state index in [1.165, 1.54) is 43.5 Å². The Hall–Kier alpha value is -6.96. The van der Waals surface area contributed by atoms with Crippen molar-refractivity contribution in [2.24, 2.45) is 0 Å². The Balaban J connectivity index is 0.000000182. The second-order valence-electron chi connectivity index (χ2n) is 11.1. The van der Waals surface area contributed by atoms with E-state index in [0.717, 1.165) is 17.3 Å². The molecule has 0 aliphatic heterocycles. The third-order valence-corrected chi connectivity index (χ3v) is 6.89. The SMILES string of the molecule is COc1ccc(C#Cc2cccc(C)n2)cc1C(F)(F)F.COc1cccc(C#Cc2cccc(F)c2)n1.Cc1ccc(C#Cc2cccc(F)c2)nc1. The number of nitrogens with zero attached hydrogens (tertiary/aromatic N) is 3. The Kier molecular flexibility index (Phi) is 14.4. The van der Waals surface area contributed by atoms with Crippen molar-refractivity contribution in [2.45, 2.75) is 20.0 Å². The van der Waals surface area contributed by atoms with Gasteiger partial charge in [-0.15, -0.1) is 0 Å². The van der Waals surface area contributed by atoms with Crippen LogP contribution in [0.3, 0.4) is 0 Å². The Bertz CT molecular complexity index is 2380. The molecule has 0 unspecified atom stereocenters. The van der Waals surface area contributed by atoms with Gasteiger partial charge in [0, 0.05) is 34.6 Å². The van der Waals surface area contributed by atoms with E-state index in [9.17, 15) is 22.0 Å². The number of aryl methyl sites for hydroxylation is 2. The predicted molar refractivity (Wildman–Crippen MR) is 197 cm³/mol. The third-order valence-electron chi connectivity index (χ3n) is 6.89. The predicted octanol–water partition coefficient (Wildman–Crippen LogP) is 9.38. The van der Waals surface area contributed by atoms with Crippen molar-refractivity contribution < 1.29 is 31.4 Å². The van der Waals surface area contributed by atoms with Gasteiger partial charge in [0.05, 0.1) is 19.8 Å². The summed E-state index contributed by atoms with van der Waals surface area (Å²) in [7, 11) is 2.75. The second-order valence-corrected chi connectivity index (χ2v) is 11.1. The summed E-state index contributed by atoms with van der Waals surface area (Å²) in [6.45, 7) is 3.79. The highest BCUT2D eigenvalue weighted by atomic mass is 19.4. The molecule has 3 aromatic heterocycles. The number of halogens is 5. The molecule has 5 nitrogen and oxygen atoms in total. The van der Waals surface area contributed by atoms with Crippen LogP contribution in [-0.2, 0) is 6.18 Å². The summed E-state index contributed by atoms with van der Waals surface area (Å²) in [5.41, 5.74) is 4.38. The first-order chi connectivity index (χ1) is 25.9. The smallest absolute Gasteiger partial charge is 0.420 e. The fourth-order valence-electron chi connectivity index (χ4n) is 4.30. The molecule has 10 heteroatoms. The number of pyridine rings is 3. The Morgan fingerprint density at radius 1 is 0.537 bits per heavy atom. The number of hydrogen-bond donors (Lipinski definition) is 0. The molecule has 0 atom stereocenters. The normalized spacial score (nSPS) is 9.87. The van der Waals surface area contributed by atoms with E-state index in [2.05, 4.69) is 50.5 Å². The van der Waals surface area contributed by atoms with Gasteiger partial charge in [-0.2, -0.15) is 13.2 Å². The minimum absolute atomic E-state index is 0.221. The topological polar surface area (TPSA) is 57.1 Å². The van der Waals surface area contributed by atoms with Gasteiger partial charge in [-0.3, -0.25) is 0 Å². The van der Waals surface area contributed by atoms with Crippen molar-refractivity contribution in [3.05, 3.63) is 184 Å². The maximum absolute atomic E-state index is 12.9. The summed E-state index contributed by atoms with van der Waals surface area (Å²) in [5, 5.41) is 0. The van der Waals surface area contributed by atoms with Gasteiger partial charge in [0.15, 0.2) is 0 Å². The molecular formula is C44H32F5N3O2. The monoisotopic (exact) mass is 729 g/mol. The van der Waals surface area contributed by atoms with Crippen molar-refractivity contribution in [2.75, 3.05) is 14.2 Å². The molecule has 0 fully saturated rings. The Labute approximate surface area is 310 Å². The van der Waals surface area contributed by atoms with Crippen LogP contribution in [0.5, 0.6) is 11.6 Å². The van der Waals surface area contributed by atoms with E-state index in [-0.39, 0.29) is 22.9 Å². The first-order valence-electron chi connectivity index (χ1n) is 16.1. The van der Waals surface area contributed by atoms with E-state index in [1.807, 2.05) is 32.0 Å². The van der Waals surface area contributed by atoms with Gasteiger partial charge in [-0.1, -0.05) is 48.1 Å². The molecule has 0 saturated carbocycles. The molecule has 3 heterocycles. The maximum Gasteiger partial charge on any atom is 0.420 e. The lowest BCUT2D eigenvalue weighted by molar-refractivity contribution is -0.138. The fraction of sp³-hybridized carbons (Fsp3) is 0.114. The lowest BCUT2D eigenvalue weighted by Gasteiger charge is -2.11. The number of alkyl halides is 3. The molecule has 0 aliphatic rings. The van der Waals surface area contributed by atoms with Gasteiger partial charge >= 0.3 is 6.18 Å². The zero-order chi connectivity index (χ0) is 38.9. The van der Waals surface area contributed by atoms with Crippen molar-refractivity contribution in [1.29, 1.82) is 0 Å². The summed E-state index contributed by atoms with van der Waals surface area (Å²) >= 11 is 0. The molecule has 0 spiro atoms. The second kappa shape index (κ2) is 19.6. The van der Waals surface area contributed by atoms with Crippen LogP contribution >= 0.6 is 0 Å². The van der Waals surface area contributed by atoms with E-state index in [1.54, 1.807) is 67.9 Å². The van der Waals surface area contributed by atoms with Gasteiger partial charge in [0.25, 0.3) is 0 Å². The molecular weight excluding hydrogens is 697 g/mol. The van der Waals surface area contributed by atoms with E-state index in [4.69, 9.17) is 9.47 Å². The molecule has 0 radical (unpaired) electrons.